The molecule has 0 saturated heterocycles. The van der Waals surface area contributed by atoms with E-state index in [9.17, 15) is 9.59 Å². The van der Waals surface area contributed by atoms with Crippen LogP contribution < -0.4 is 0 Å². The Labute approximate surface area is 124 Å². The number of hydrogen-bond acceptors (Lipinski definition) is 4. The van der Waals surface area contributed by atoms with Gasteiger partial charge in [0.25, 0.3) is 0 Å². The Balaban J connectivity index is 2.48. The van der Waals surface area contributed by atoms with Gasteiger partial charge in [-0.2, -0.15) is 0 Å². The van der Waals surface area contributed by atoms with Gasteiger partial charge in [-0.15, -0.1) is 0 Å². The summed E-state index contributed by atoms with van der Waals surface area (Å²) in [5.74, 6) is -0.838. The Hall–Kier alpha value is -2.36. The Morgan fingerprint density at radius 2 is 1.67 bits per heavy atom. The molecule has 110 valence electrons. The van der Waals surface area contributed by atoms with Gasteiger partial charge >= 0.3 is 11.9 Å². The average molecular weight is 286 g/mol. The van der Waals surface area contributed by atoms with Crippen molar-refractivity contribution in [1.82, 2.24) is 0 Å². The minimum Gasteiger partial charge on any atom is -0.465 e. The van der Waals surface area contributed by atoms with Gasteiger partial charge in [0, 0.05) is 0 Å². The van der Waals surface area contributed by atoms with E-state index in [1.54, 1.807) is 24.3 Å². The first-order valence-electron chi connectivity index (χ1n) is 6.66. The molecule has 0 aromatic carbocycles. The lowest BCUT2D eigenvalue weighted by Gasteiger charge is -2.18. The summed E-state index contributed by atoms with van der Waals surface area (Å²) in [7, 11) is 1.33. The number of carbonyl (C=O) groups is 2. The van der Waals surface area contributed by atoms with Crippen molar-refractivity contribution < 1.29 is 19.1 Å². The molecule has 0 aromatic heterocycles. The molecule has 4 heteroatoms. The molecular weight excluding hydrogens is 268 g/mol. The van der Waals surface area contributed by atoms with E-state index >= 15 is 0 Å². The van der Waals surface area contributed by atoms with Crippen LogP contribution in [0.4, 0.5) is 0 Å². The van der Waals surface area contributed by atoms with E-state index in [-0.39, 0.29) is 0 Å². The number of esters is 2. The monoisotopic (exact) mass is 286 g/mol. The molecule has 0 radical (unpaired) electrons. The maximum Gasteiger partial charge on any atom is 0.338 e. The van der Waals surface area contributed by atoms with Crippen LogP contribution in [0.2, 0.25) is 0 Å². The number of methoxy groups -OCH3 is 1. The van der Waals surface area contributed by atoms with Crippen LogP contribution in [-0.4, -0.2) is 24.6 Å². The first kappa shape index (κ1) is 15.0. The minimum atomic E-state index is -0.559. The predicted molar refractivity (Wildman–Crippen MR) is 79.6 cm³/mol. The second kappa shape index (κ2) is 5.56. The lowest BCUT2D eigenvalue weighted by Crippen LogP contribution is -2.23. The number of hydrogen-bond donors (Lipinski definition) is 0. The Kier molecular flexibility index (Phi) is 3.98. The third-order valence-corrected chi connectivity index (χ3v) is 2.90. The van der Waals surface area contributed by atoms with E-state index in [0.717, 1.165) is 5.56 Å². The first-order valence-corrected chi connectivity index (χ1v) is 6.66. The molecule has 2 rings (SSSR count). The van der Waals surface area contributed by atoms with Crippen LogP contribution in [0, 0.1) is 0 Å². The zero-order valence-corrected chi connectivity index (χ0v) is 12.6. The summed E-state index contributed by atoms with van der Waals surface area (Å²) in [5, 5.41) is 0. The summed E-state index contributed by atoms with van der Waals surface area (Å²) in [5.41, 5.74) is 1.76. The number of rotatable bonds is 2. The van der Waals surface area contributed by atoms with Crippen LogP contribution in [0.25, 0.3) is 11.1 Å². The summed E-state index contributed by atoms with van der Waals surface area (Å²) in [4.78, 5) is 24.0. The van der Waals surface area contributed by atoms with Crippen molar-refractivity contribution in [2.75, 3.05) is 7.11 Å². The summed E-state index contributed by atoms with van der Waals surface area (Å²) < 4.78 is 10.1. The van der Waals surface area contributed by atoms with Gasteiger partial charge in [-0.25, -0.2) is 9.59 Å². The van der Waals surface area contributed by atoms with Crippen LogP contribution in [0.15, 0.2) is 36.4 Å². The van der Waals surface area contributed by atoms with Gasteiger partial charge in [0.2, 0.25) is 0 Å². The molecule has 2 aliphatic carbocycles. The molecule has 0 fully saturated rings. The molecule has 0 spiro atoms. The molecule has 0 heterocycles. The van der Waals surface area contributed by atoms with Gasteiger partial charge in [-0.05, 0) is 50.1 Å². The smallest absolute Gasteiger partial charge is 0.338 e. The molecule has 0 aromatic rings. The highest BCUT2D eigenvalue weighted by molar-refractivity contribution is 6.01. The van der Waals surface area contributed by atoms with E-state index in [0.29, 0.717) is 16.7 Å². The lowest BCUT2D eigenvalue weighted by molar-refractivity contribution is 0.00698. The maximum atomic E-state index is 12.1. The molecule has 0 bridgehead atoms. The zero-order valence-electron chi connectivity index (χ0n) is 12.6. The van der Waals surface area contributed by atoms with Gasteiger partial charge in [0.15, 0.2) is 0 Å². The van der Waals surface area contributed by atoms with Gasteiger partial charge in [-0.1, -0.05) is 18.2 Å². The van der Waals surface area contributed by atoms with E-state index < -0.39 is 17.5 Å². The molecule has 0 saturated carbocycles. The third-order valence-electron chi connectivity index (χ3n) is 2.90. The summed E-state index contributed by atoms with van der Waals surface area (Å²) in [6.07, 6.45) is 0. The van der Waals surface area contributed by atoms with Crippen molar-refractivity contribution in [2.24, 2.45) is 0 Å². The minimum absolute atomic E-state index is 0.405. The highest BCUT2D eigenvalue weighted by atomic mass is 16.6. The van der Waals surface area contributed by atoms with Gasteiger partial charge in [0.1, 0.15) is 5.60 Å². The van der Waals surface area contributed by atoms with E-state index in [1.165, 1.54) is 7.11 Å². The second-order valence-electron chi connectivity index (χ2n) is 5.74. The molecule has 0 aliphatic heterocycles. The largest absolute Gasteiger partial charge is 0.465 e. The number of ether oxygens (including phenoxy) is 2. The molecule has 2 aliphatic rings. The SMILES string of the molecule is COC(=O)c1ccccc2cc(C(=O)OC(C)(C)C)cc1-2. The highest BCUT2D eigenvalue weighted by Crippen LogP contribution is 2.30. The van der Waals surface area contributed by atoms with Gasteiger partial charge in [-0.3, -0.25) is 0 Å². The van der Waals surface area contributed by atoms with E-state index in [2.05, 4.69) is 0 Å². The van der Waals surface area contributed by atoms with Crippen LogP contribution >= 0.6 is 0 Å². The first-order chi connectivity index (χ1) is 9.81. The van der Waals surface area contributed by atoms with Crippen LogP contribution in [0.3, 0.4) is 0 Å². The van der Waals surface area contributed by atoms with Crippen molar-refractivity contribution in [3.8, 4) is 11.1 Å². The van der Waals surface area contributed by atoms with E-state index in [1.807, 2.05) is 32.9 Å². The lowest BCUT2D eigenvalue weighted by atomic mass is 10.1. The summed E-state index contributed by atoms with van der Waals surface area (Å²) in [6.45, 7) is 5.44. The zero-order chi connectivity index (χ0) is 15.6. The van der Waals surface area contributed by atoms with Gasteiger partial charge < -0.3 is 9.47 Å². The van der Waals surface area contributed by atoms with Crippen molar-refractivity contribution in [3.05, 3.63) is 47.5 Å². The second-order valence-corrected chi connectivity index (χ2v) is 5.74. The molecule has 0 amide bonds. The normalized spacial score (nSPS) is 11.2. The van der Waals surface area contributed by atoms with Crippen molar-refractivity contribution in [2.45, 2.75) is 26.4 Å². The quantitative estimate of drug-likeness (QED) is 0.792. The highest BCUT2D eigenvalue weighted by Gasteiger charge is 2.22. The molecule has 0 atom stereocenters. The van der Waals surface area contributed by atoms with Crippen LogP contribution in [-0.2, 0) is 9.47 Å². The Bertz CT molecular complexity index is 652. The molecule has 4 nitrogen and oxygen atoms in total. The molecule has 21 heavy (non-hydrogen) atoms. The average Bonchev–Trinajstić information content (AvgIpc) is 2.71. The van der Waals surface area contributed by atoms with E-state index in [4.69, 9.17) is 9.47 Å². The number of carbonyl (C=O) groups excluding carboxylic acids is 2. The molecule has 0 N–H and O–H groups in total. The van der Waals surface area contributed by atoms with Crippen molar-refractivity contribution in [3.63, 3.8) is 0 Å². The van der Waals surface area contributed by atoms with Crippen molar-refractivity contribution in [1.29, 1.82) is 0 Å². The molecular formula is C17H18O4. The Morgan fingerprint density at radius 1 is 1.00 bits per heavy atom. The van der Waals surface area contributed by atoms with Gasteiger partial charge in [0.05, 0.1) is 18.2 Å². The number of fused-ring (bicyclic) bond motifs is 1. The molecule has 0 unspecified atom stereocenters. The fourth-order valence-corrected chi connectivity index (χ4v) is 2.04. The fourth-order valence-electron chi connectivity index (χ4n) is 2.04. The maximum absolute atomic E-state index is 12.1. The summed E-state index contributed by atoms with van der Waals surface area (Å²) >= 11 is 0. The summed E-state index contributed by atoms with van der Waals surface area (Å²) in [6, 6.07) is 10.5. The van der Waals surface area contributed by atoms with Crippen LogP contribution in [0.5, 0.6) is 0 Å². The van der Waals surface area contributed by atoms with Crippen LogP contribution in [0.1, 0.15) is 41.5 Å². The third kappa shape index (κ3) is 3.40. The Morgan fingerprint density at radius 3 is 2.29 bits per heavy atom. The van der Waals surface area contributed by atoms with Crippen molar-refractivity contribution >= 4 is 11.9 Å². The standard InChI is InChI=1S/C17H18O4/c1-17(2,3)21-15(18)12-9-11-7-5-6-8-13(14(11)10-12)16(19)20-4/h5-10H,1-4H3. The topological polar surface area (TPSA) is 52.6 Å². The fraction of sp³-hybridized carbons (Fsp3) is 0.294. The predicted octanol–water partition coefficient (Wildman–Crippen LogP) is 3.53.